The Morgan fingerprint density at radius 2 is 1.19 bits per heavy atom. The van der Waals surface area contributed by atoms with Gasteiger partial charge in [-0.15, -0.1) is 4.94 Å². The Balaban J connectivity index is 5.60. The fraction of sp³-hybridized carbons (Fsp3) is 1.00. The average molecular weight is 286 g/mol. The van der Waals surface area contributed by atoms with Crippen LogP contribution < -0.4 is 0 Å². The molecule has 0 aliphatic rings. The summed E-state index contributed by atoms with van der Waals surface area (Å²) >= 11 is -2.55. The second-order valence-electron chi connectivity index (χ2n) is 2.34. The molecule has 0 bridgehead atoms. The van der Waals surface area contributed by atoms with Gasteiger partial charge in [0.05, 0.1) is 0 Å². The molecule has 1 unspecified atom stereocenters. The summed E-state index contributed by atoms with van der Waals surface area (Å²) < 4.78 is 118. The third-order valence-electron chi connectivity index (χ3n) is 1.34. The van der Waals surface area contributed by atoms with Crippen LogP contribution >= 0.6 is 12.1 Å². The topological polar surface area (TPSA) is 9.23 Å². The van der Waals surface area contributed by atoms with Crippen LogP contribution in [0.25, 0.3) is 0 Å². The molecule has 0 radical (unpaired) electrons. The lowest BCUT2D eigenvalue weighted by molar-refractivity contribution is -0.458. The lowest BCUT2D eigenvalue weighted by Crippen LogP contribution is -2.62. The first-order chi connectivity index (χ1) is 6.87. The van der Waals surface area contributed by atoms with Crippen molar-refractivity contribution < 1.29 is 48.5 Å². The van der Waals surface area contributed by atoms with Crippen molar-refractivity contribution in [3.8, 4) is 0 Å². The summed E-state index contributed by atoms with van der Waals surface area (Å²) in [6.07, 6.45) is -6.90. The van der Waals surface area contributed by atoms with Crippen molar-refractivity contribution >= 4 is 12.1 Å². The van der Waals surface area contributed by atoms with Crippen LogP contribution in [0.2, 0.25) is 0 Å². The molecule has 0 saturated heterocycles. The van der Waals surface area contributed by atoms with Gasteiger partial charge in [0.2, 0.25) is 0 Å². The molecular formula is C4F10OS. The predicted octanol–water partition coefficient (Wildman–Crippen LogP) is 3.96. The van der Waals surface area contributed by atoms with Crippen LogP contribution in [0, 0.1) is 0 Å². The van der Waals surface area contributed by atoms with Crippen LogP contribution in [0.1, 0.15) is 0 Å². The Kier molecular flexibility index (Phi) is 4.03. The summed E-state index contributed by atoms with van der Waals surface area (Å²) in [6, 6.07) is 0. The lowest BCUT2D eigenvalue weighted by atomic mass is 10.1. The van der Waals surface area contributed by atoms with E-state index in [2.05, 4.69) is 0 Å². The van der Waals surface area contributed by atoms with Crippen molar-refractivity contribution in [3.63, 3.8) is 0 Å². The first kappa shape index (κ1) is 15.6. The largest absolute Gasteiger partial charge is 0.459 e. The summed E-state index contributed by atoms with van der Waals surface area (Å²) in [7, 11) is 0. The van der Waals surface area contributed by atoms with Gasteiger partial charge >= 0.3 is 23.2 Å². The average Bonchev–Trinajstić information content (AvgIpc) is 2.14. The van der Waals surface area contributed by atoms with Crippen molar-refractivity contribution in [1.29, 1.82) is 0 Å². The molecule has 0 aliphatic heterocycles. The highest BCUT2D eigenvalue weighted by Gasteiger charge is 2.83. The SMILES string of the molecule is FOC(F)(C(F)(F)SF)C(F)(F)C(F)(F)F. The van der Waals surface area contributed by atoms with Gasteiger partial charge in [0, 0.05) is 0 Å². The molecule has 16 heavy (non-hydrogen) atoms. The maximum absolute atomic E-state index is 12.5. The van der Waals surface area contributed by atoms with E-state index in [1.807, 2.05) is 0 Å². The molecular weight excluding hydrogens is 286 g/mol. The van der Waals surface area contributed by atoms with Gasteiger partial charge in [-0.1, -0.05) is 0 Å². The van der Waals surface area contributed by atoms with Crippen molar-refractivity contribution in [2.45, 2.75) is 23.2 Å². The third kappa shape index (κ3) is 2.04. The Bertz CT molecular complexity index is 250. The van der Waals surface area contributed by atoms with E-state index in [0.29, 0.717) is 0 Å². The molecule has 1 atom stereocenters. The Hall–Kier alpha value is -0.390. The van der Waals surface area contributed by atoms with Gasteiger partial charge in [0.1, 0.15) is 12.1 Å². The Morgan fingerprint density at radius 3 is 1.38 bits per heavy atom. The van der Waals surface area contributed by atoms with Crippen molar-refractivity contribution in [1.82, 2.24) is 0 Å². The van der Waals surface area contributed by atoms with E-state index in [1.165, 1.54) is 4.94 Å². The minimum absolute atomic E-state index is 1.34. The minimum atomic E-state index is -6.95. The monoisotopic (exact) mass is 286 g/mol. The summed E-state index contributed by atoms with van der Waals surface area (Å²) in [5.74, 6) is -13.4. The fourth-order valence-electron chi connectivity index (χ4n) is 0.508. The zero-order chi connectivity index (χ0) is 13.4. The standard InChI is InChI=1S/C4F10OS/c5-1(6,3(8,9)10)2(7,15-13)4(11,12)16-14. The summed E-state index contributed by atoms with van der Waals surface area (Å²) in [6.45, 7) is 0. The van der Waals surface area contributed by atoms with Gasteiger partial charge in [-0.2, -0.15) is 39.0 Å². The quantitative estimate of drug-likeness (QED) is 0.723. The van der Waals surface area contributed by atoms with Crippen LogP contribution in [0.3, 0.4) is 0 Å². The van der Waals surface area contributed by atoms with Crippen LogP contribution in [-0.2, 0) is 4.94 Å². The van der Waals surface area contributed by atoms with Crippen LogP contribution in [0.15, 0.2) is 0 Å². The molecule has 0 fully saturated rings. The first-order valence-electron chi connectivity index (χ1n) is 2.98. The number of halogens is 10. The predicted molar refractivity (Wildman–Crippen MR) is 30.7 cm³/mol. The molecule has 0 aromatic rings. The normalized spacial score (nSPS) is 18.4. The Morgan fingerprint density at radius 1 is 0.812 bits per heavy atom. The van der Waals surface area contributed by atoms with Gasteiger partial charge in [-0.05, 0) is 4.53 Å². The van der Waals surface area contributed by atoms with E-state index in [0.717, 1.165) is 0 Å². The van der Waals surface area contributed by atoms with E-state index in [4.69, 9.17) is 0 Å². The highest BCUT2D eigenvalue weighted by Crippen LogP contribution is 2.56. The number of alkyl halides is 8. The molecule has 0 aliphatic carbocycles. The maximum Gasteiger partial charge on any atom is 0.459 e. The van der Waals surface area contributed by atoms with E-state index in [-0.39, 0.29) is 0 Å². The molecule has 0 aromatic heterocycles. The molecule has 0 spiro atoms. The number of rotatable bonds is 4. The smallest absolute Gasteiger partial charge is 0.193 e. The van der Waals surface area contributed by atoms with Gasteiger partial charge in [0.15, 0.2) is 0 Å². The van der Waals surface area contributed by atoms with E-state index < -0.39 is 35.4 Å². The number of hydrogen-bond acceptors (Lipinski definition) is 2. The minimum Gasteiger partial charge on any atom is -0.193 e. The van der Waals surface area contributed by atoms with Crippen molar-refractivity contribution in [2.75, 3.05) is 0 Å². The summed E-state index contributed by atoms with van der Waals surface area (Å²) in [5.41, 5.74) is 0. The zero-order valence-electron chi connectivity index (χ0n) is 6.60. The maximum atomic E-state index is 12.5. The van der Waals surface area contributed by atoms with E-state index in [1.54, 1.807) is 0 Å². The molecule has 1 nitrogen and oxygen atoms in total. The van der Waals surface area contributed by atoms with Crippen molar-refractivity contribution in [3.05, 3.63) is 0 Å². The van der Waals surface area contributed by atoms with Gasteiger partial charge in [0.25, 0.3) is 0 Å². The second kappa shape index (κ2) is 4.13. The zero-order valence-corrected chi connectivity index (χ0v) is 7.41. The molecule has 0 aromatic carbocycles. The number of hydrogen-bond donors (Lipinski definition) is 0. The molecule has 12 heteroatoms. The van der Waals surface area contributed by atoms with E-state index >= 15 is 0 Å². The van der Waals surface area contributed by atoms with Crippen LogP contribution in [0.5, 0.6) is 0 Å². The molecule has 0 amide bonds. The molecule has 0 N–H and O–H groups in total. The molecule has 0 heterocycles. The summed E-state index contributed by atoms with van der Waals surface area (Å²) in [5, 5.41) is -6.10. The van der Waals surface area contributed by atoms with Gasteiger partial charge in [-0.3, -0.25) is 0 Å². The lowest BCUT2D eigenvalue weighted by Gasteiger charge is -2.33. The highest BCUT2D eigenvalue weighted by molar-refractivity contribution is 7.95. The molecule has 0 rings (SSSR count). The second-order valence-corrected chi connectivity index (χ2v) is 3.01. The van der Waals surface area contributed by atoms with E-state index in [9.17, 15) is 43.5 Å². The Labute approximate surface area is 84.9 Å². The summed E-state index contributed by atoms with van der Waals surface area (Å²) in [4.78, 5) is 1.34. The van der Waals surface area contributed by atoms with Gasteiger partial charge in [-0.25, -0.2) is 0 Å². The van der Waals surface area contributed by atoms with Crippen molar-refractivity contribution in [2.24, 2.45) is 0 Å². The first-order valence-corrected chi connectivity index (χ1v) is 3.70. The van der Waals surface area contributed by atoms with Gasteiger partial charge < -0.3 is 0 Å². The molecule has 0 saturated carbocycles. The third-order valence-corrected chi connectivity index (χ3v) is 1.79. The molecule has 98 valence electrons. The van der Waals surface area contributed by atoms with Crippen LogP contribution in [-0.4, -0.2) is 23.2 Å². The highest BCUT2D eigenvalue weighted by atomic mass is 32.2. The fourth-order valence-corrected chi connectivity index (χ4v) is 0.767. The van der Waals surface area contributed by atoms with Crippen LogP contribution in [0.4, 0.5) is 43.5 Å².